The summed E-state index contributed by atoms with van der Waals surface area (Å²) in [7, 11) is 0. The van der Waals surface area contributed by atoms with E-state index in [1.54, 1.807) is 18.3 Å². The van der Waals surface area contributed by atoms with Crippen LogP contribution in [0.15, 0.2) is 30.6 Å². The summed E-state index contributed by atoms with van der Waals surface area (Å²) in [4.78, 5) is 8.28. The molecule has 0 fully saturated rings. The van der Waals surface area contributed by atoms with Gasteiger partial charge in [0, 0.05) is 17.5 Å². The highest BCUT2D eigenvalue weighted by Crippen LogP contribution is 2.32. The number of aryl methyl sites for hydroxylation is 1. The Kier molecular flexibility index (Phi) is 6.58. The van der Waals surface area contributed by atoms with Gasteiger partial charge in [-0.2, -0.15) is 0 Å². The maximum atomic E-state index is 13.5. The van der Waals surface area contributed by atoms with Crippen LogP contribution in [0.5, 0.6) is 5.75 Å². The van der Waals surface area contributed by atoms with E-state index in [1.807, 2.05) is 20.8 Å². The molecule has 0 radical (unpaired) electrons. The maximum Gasteiger partial charge on any atom is 0.267 e. The summed E-state index contributed by atoms with van der Waals surface area (Å²) in [6.45, 7) is 4.64. The van der Waals surface area contributed by atoms with Gasteiger partial charge in [-0.25, -0.2) is 13.2 Å². The summed E-state index contributed by atoms with van der Waals surface area (Å²) in [5.41, 5.74) is 6.32. The zero-order valence-corrected chi connectivity index (χ0v) is 15.2. The monoisotopic (exact) mass is 367 g/mol. The van der Waals surface area contributed by atoms with E-state index in [4.69, 9.17) is 10.5 Å². The fourth-order valence-corrected chi connectivity index (χ4v) is 2.80. The van der Waals surface area contributed by atoms with Gasteiger partial charge in [-0.1, -0.05) is 13.8 Å². The van der Waals surface area contributed by atoms with Crippen molar-refractivity contribution in [1.29, 1.82) is 0 Å². The summed E-state index contributed by atoms with van der Waals surface area (Å²) in [5.74, 6) is 0.0749. The number of nitrogens with zero attached hydrogens (tertiary/aromatic N) is 2. The van der Waals surface area contributed by atoms with Gasteiger partial charge in [0.15, 0.2) is 0 Å². The van der Waals surface area contributed by atoms with Crippen molar-refractivity contribution in [2.45, 2.75) is 39.2 Å². The maximum absolute atomic E-state index is 13.5. The highest BCUT2D eigenvalue weighted by atomic mass is 19.3. The fourth-order valence-electron chi connectivity index (χ4n) is 2.80. The second-order valence-electron chi connectivity index (χ2n) is 6.98. The number of ether oxygens (including phenoxy) is 1. The molecule has 2 aromatic heterocycles. The zero-order chi connectivity index (χ0) is 19.3. The van der Waals surface area contributed by atoms with E-state index in [0.717, 1.165) is 5.69 Å². The lowest BCUT2D eigenvalue weighted by atomic mass is 9.92. The molecule has 26 heavy (non-hydrogen) atoms. The van der Waals surface area contributed by atoms with Gasteiger partial charge in [-0.05, 0) is 37.5 Å². The summed E-state index contributed by atoms with van der Waals surface area (Å²) >= 11 is 0. The smallest absolute Gasteiger partial charge is 0.267 e. The standard InChI is InChI=1S/C19H24F3N3O/c1-12(2)8-19(23,10-20)11-26-17-9-25-16(7-15(17)18(21)22)14-4-5-24-13(3)6-14/h4-7,9,12,18H,8,10-11,23H2,1-3H3/t19-/m0/s1. The Morgan fingerprint density at radius 2 is 1.96 bits per heavy atom. The third-order valence-electron chi connectivity index (χ3n) is 3.92. The van der Waals surface area contributed by atoms with E-state index in [-0.39, 0.29) is 23.8 Å². The minimum Gasteiger partial charge on any atom is -0.489 e. The third kappa shape index (κ3) is 5.17. The molecule has 7 heteroatoms. The van der Waals surface area contributed by atoms with Crippen LogP contribution < -0.4 is 10.5 Å². The molecule has 0 saturated carbocycles. The highest BCUT2D eigenvalue weighted by molar-refractivity contribution is 5.61. The van der Waals surface area contributed by atoms with Gasteiger partial charge in [0.1, 0.15) is 19.0 Å². The molecule has 4 nitrogen and oxygen atoms in total. The summed E-state index contributed by atoms with van der Waals surface area (Å²) in [6.07, 6.45) is 0.461. The van der Waals surface area contributed by atoms with E-state index < -0.39 is 18.6 Å². The molecule has 142 valence electrons. The molecule has 0 spiro atoms. The first-order valence-corrected chi connectivity index (χ1v) is 8.43. The quantitative estimate of drug-likeness (QED) is 0.747. The van der Waals surface area contributed by atoms with Crippen LogP contribution in [-0.4, -0.2) is 28.8 Å². The predicted octanol–water partition coefficient (Wildman–Crippen LogP) is 4.48. The first-order chi connectivity index (χ1) is 12.2. The van der Waals surface area contributed by atoms with Crippen molar-refractivity contribution in [3.63, 3.8) is 0 Å². The van der Waals surface area contributed by atoms with Crippen molar-refractivity contribution in [3.8, 4) is 17.0 Å². The van der Waals surface area contributed by atoms with Crippen LogP contribution in [0.3, 0.4) is 0 Å². The summed E-state index contributed by atoms with van der Waals surface area (Å²) in [6, 6.07) is 4.74. The molecule has 2 rings (SSSR count). The number of rotatable bonds is 8. The van der Waals surface area contributed by atoms with Crippen LogP contribution >= 0.6 is 0 Å². The van der Waals surface area contributed by atoms with Crippen LogP contribution in [0, 0.1) is 12.8 Å². The number of nitrogens with two attached hydrogens (primary N) is 1. The van der Waals surface area contributed by atoms with Gasteiger partial charge in [-0.3, -0.25) is 9.97 Å². The largest absolute Gasteiger partial charge is 0.489 e. The molecule has 0 amide bonds. The van der Waals surface area contributed by atoms with E-state index in [1.165, 1.54) is 12.3 Å². The van der Waals surface area contributed by atoms with Crippen molar-refractivity contribution in [3.05, 3.63) is 41.9 Å². The average Bonchev–Trinajstić information content (AvgIpc) is 2.59. The van der Waals surface area contributed by atoms with Gasteiger partial charge in [-0.15, -0.1) is 0 Å². The molecular weight excluding hydrogens is 343 g/mol. The van der Waals surface area contributed by atoms with E-state index >= 15 is 0 Å². The zero-order valence-electron chi connectivity index (χ0n) is 15.2. The Morgan fingerprint density at radius 3 is 2.54 bits per heavy atom. The Balaban J connectivity index is 2.26. The highest BCUT2D eigenvalue weighted by Gasteiger charge is 2.28. The van der Waals surface area contributed by atoms with Crippen molar-refractivity contribution < 1.29 is 17.9 Å². The molecule has 0 aliphatic carbocycles. The summed E-state index contributed by atoms with van der Waals surface area (Å²) < 4.78 is 45.7. The molecule has 2 aromatic rings. The minimum absolute atomic E-state index is 0.0819. The lowest BCUT2D eigenvalue weighted by molar-refractivity contribution is 0.131. The van der Waals surface area contributed by atoms with Gasteiger partial charge in [0.25, 0.3) is 6.43 Å². The minimum atomic E-state index is -2.75. The predicted molar refractivity (Wildman–Crippen MR) is 95.0 cm³/mol. The SMILES string of the molecule is Cc1cc(-c2cc(C(F)F)c(OC[C@@](N)(CF)CC(C)C)cn2)ccn1. The molecule has 1 atom stereocenters. The number of aromatic nitrogens is 2. The van der Waals surface area contributed by atoms with Crippen LogP contribution in [0.4, 0.5) is 13.2 Å². The Labute approximate surface area is 151 Å². The van der Waals surface area contributed by atoms with Crippen molar-refractivity contribution in [1.82, 2.24) is 9.97 Å². The first-order valence-electron chi connectivity index (χ1n) is 8.43. The normalized spacial score (nSPS) is 13.9. The molecule has 0 aromatic carbocycles. The lowest BCUT2D eigenvalue weighted by Crippen LogP contribution is -2.49. The Bertz CT molecular complexity index is 740. The first kappa shape index (κ1) is 20.2. The molecule has 0 aliphatic heterocycles. The Hall–Kier alpha value is -2.15. The van der Waals surface area contributed by atoms with E-state index in [0.29, 0.717) is 17.7 Å². The number of pyridine rings is 2. The molecule has 2 heterocycles. The van der Waals surface area contributed by atoms with Gasteiger partial charge in [0.05, 0.1) is 23.0 Å². The van der Waals surface area contributed by atoms with Crippen LogP contribution in [-0.2, 0) is 0 Å². The average molecular weight is 367 g/mol. The van der Waals surface area contributed by atoms with E-state index in [9.17, 15) is 13.2 Å². The second-order valence-corrected chi connectivity index (χ2v) is 6.98. The van der Waals surface area contributed by atoms with E-state index in [2.05, 4.69) is 9.97 Å². The molecule has 2 N–H and O–H groups in total. The number of halogens is 3. The van der Waals surface area contributed by atoms with Gasteiger partial charge >= 0.3 is 0 Å². The molecule has 0 bridgehead atoms. The van der Waals surface area contributed by atoms with Crippen molar-refractivity contribution >= 4 is 0 Å². The Morgan fingerprint density at radius 1 is 1.23 bits per heavy atom. The molecule has 0 saturated heterocycles. The van der Waals surface area contributed by atoms with Crippen LogP contribution in [0.2, 0.25) is 0 Å². The van der Waals surface area contributed by atoms with Gasteiger partial charge in [0.2, 0.25) is 0 Å². The molecule has 0 aliphatic rings. The second kappa shape index (κ2) is 8.49. The number of hydrogen-bond donors (Lipinski definition) is 1. The van der Waals surface area contributed by atoms with Crippen LogP contribution in [0.1, 0.15) is 38.0 Å². The lowest BCUT2D eigenvalue weighted by Gasteiger charge is -2.28. The number of alkyl halides is 3. The molecule has 0 unspecified atom stereocenters. The van der Waals surface area contributed by atoms with Gasteiger partial charge < -0.3 is 10.5 Å². The third-order valence-corrected chi connectivity index (χ3v) is 3.92. The van der Waals surface area contributed by atoms with Crippen LogP contribution in [0.25, 0.3) is 11.3 Å². The fraction of sp³-hybridized carbons (Fsp3) is 0.474. The summed E-state index contributed by atoms with van der Waals surface area (Å²) in [5, 5.41) is 0. The topological polar surface area (TPSA) is 61.0 Å². The number of hydrogen-bond acceptors (Lipinski definition) is 4. The van der Waals surface area contributed by atoms with Crippen molar-refractivity contribution in [2.24, 2.45) is 11.7 Å². The van der Waals surface area contributed by atoms with Crippen molar-refractivity contribution in [2.75, 3.05) is 13.3 Å². The molecular formula is C19H24F3N3O.